The van der Waals surface area contributed by atoms with Crippen LogP contribution in [0.3, 0.4) is 0 Å². The zero-order chi connectivity index (χ0) is 14.7. The van der Waals surface area contributed by atoms with E-state index in [9.17, 15) is 9.90 Å². The normalized spacial score (nSPS) is 21.6. The van der Waals surface area contributed by atoms with Gasteiger partial charge in [-0.3, -0.25) is 9.69 Å². The Morgan fingerprint density at radius 1 is 1.45 bits per heavy atom. The van der Waals surface area contributed by atoms with Gasteiger partial charge in [-0.1, -0.05) is 42.6 Å². The van der Waals surface area contributed by atoms with E-state index in [2.05, 4.69) is 11.8 Å². The molecule has 0 saturated carbocycles. The number of hydrogen-bond donors (Lipinski definition) is 1. The molecule has 0 bridgehead atoms. The molecule has 5 heteroatoms. The molecule has 0 aromatic heterocycles. The first-order valence-corrected chi connectivity index (χ1v) is 7.73. The van der Waals surface area contributed by atoms with E-state index in [1.54, 1.807) is 6.07 Å². The van der Waals surface area contributed by atoms with E-state index in [1.807, 2.05) is 12.1 Å². The van der Waals surface area contributed by atoms with Gasteiger partial charge in [0.2, 0.25) is 0 Å². The van der Waals surface area contributed by atoms with Crippen LogP contribution in [0, 0.1) is 0 Å². The average Bonchev–Trinajstić information content (AvgIpc) is 2.42. The molecular weight excluding hydrogens is 297 g/mol. The largest absolute Gasteiger partial charge is 0.480 e. The van der Waals surface area contributed by atoms with E-state index in [0.29, 0.717) is 16.5 Å². The lowest BCUT2D eigenvalue weighted by Crippen LogP contribution is -2.46. The predicted octanol–water partition coefficient (Wildman–Crippen LogP) is 4.38. The van der Waals surface area contributed by atoms with Crippen LogP contribution in [-0.2, 0) is 4.79 Å². The molecule has 20 heavy (non-hydrogen) atoms. The summed E-state index contributed by atoms with van der Waals surface area (Å²) in [6, 6.07) is 5.06. The Hall–Kier alpha value is -0.770. The van der Waals surface area contributed by atoms with Gasteiger partial charge < -0.3 is 5.11 Å². The number of rotatable bonds is 4. The monoisotopic (exact) mass is 315 g/mol. The van der Waals surface area contributed by atoms with E-state index < -0.39 is 12.0 Å². The van der Waals surface area contributed by atoms with Crippen LogP contribution < -0.4 is 0 Å². The average molecular weight is 316 g/mol. The van der Waals surface area contributed by atoms with Crippen molar-refractivity contribution in [1.82, 2.24) is 4.90 Å². The van der Waals surface area contributed by atoms with Gasteiger partial charge in [-0.05, 0) is 43.5 Å². The summed E-state index contributed by atoms with van der Waals surface area (Å²) in [5.41, 5.74) is 0.965. The summed E-state index contributed by atoms with van der Waals surface area (Å²) in [7, 11) is 0. The number of nitrogens with zero attached hydrogens (tertiary/aromatic N) is 1. The Balaban J connectivity index is 2.32. The number of carboxylic acids is 1. The van der Waals surface area contributed by atoms with Crippen LogP contribution in [0.1, 0.15) is 44.2 Å². The molecule has 1 saturated heterocycles. The van der Waals surface area contributed by atoms with Crippen molar-refractivity contribution < 1.29 is 9.90 Å². The third-order valence-corrected chi connectivity index (χ3v) is 4.50. The summed E-state index contributed by atoms with van der Waals surface area (Å²) in [5.74, 6) is -0.742. The van der Waals surface area contributed by atoms with E-state index in [1.165, 1.54) is 0 Å². The molecule has 1 fully saturated rings. The fourth-order valence-electron chi connectivity index (χ4n) is 3.00. The quantitative estimate of drug-likeness (QED) is 0.896. The van der Waals surface area contributed by atoms with Crippen molar-refractivity contribution >= 4 is 29.2 Å². The lowest BCUT2D eigenvalue weighted by Gasteiger charge is -2.39. The van der Waals surface area contributed by atoms with E-state index in [-0.39, 0.29) is 6.04 Å². The summed E-state index contributed by atoms with van der Waals surface area (Å²) in [6.45, 7) is 2.86. The number of likely N-dealkylation sites (tertiary alicyclic amines) is 1. The molecule has 2 rings (SSSR count). The highest BCUT2D eigenvalue weighted by molar-refractivity contribution is 6.35. The van der Waals surface area contributed by atoms with Crippen LogP contribution in [0.5, 0.6) is 0 Å². The fourth-order valence-corrected chi connectivity index (χ4v) is 3.53. The molecule has 0 aliphatic carbocycles. The minimum Gasteiger partial charge on any atom is -0.480 e. The van der Waals surface area contributed by atoms with Gasteiger partial charge in [0.1, 0.15) is 6.04 Å². The highest BCUT2D eigenvalue weighted by atomic mass is 35.5. The van der Waals surface area contributed by atoms with Crippen LogP contribution in [0.25, 0.3) is 0 Å². The molecule has 2 atom stereocenters. The third kappa shape index (κ3) is 3.27. The number of hydrogen-bond acceptors (Lipinski definition) is 2. The maximum Gasteiger partial charge on any atom is 0.320 e. The SMILES string of the molecule is CCC(c1ccc(Cl)cc1Cl)N1CCCCC1C(=O)O. The lowest BCUT2D eigenvalue weighted by atomic mass is 9.95. The third-order valence-electron chi connectivity index (χ3n) is 3.94. The Morgan fingerprint density at radius 3 is 2.80 bits per heavy atom. The molecule has 1 aromatic rings. The Labute approximate surface area is 129 Å². The van der Waals surface area contributed by atoms with Gasteiger partial charge in [0, 0.05) is 16.1 Å². The topological polar surface area (TPSA) is 40.5 Å². The van der Waals surface area contributed by atoms with Gasteiger partial charge in [0.25, 0.3) is 0 Å². The van der Waals surface area contributed by atoms with Gasteiger partial charge >= 0.3 is 5.97 Å². The Kier molecular flexibility index (Phi) is 5.30. The first-order valence-electron chi connectivity index (χ1n) is 6.98. The summed E-state index contributed by atoms with van der Waals surface area (Å²) >= 11 is 12.2. The lowest BCUT2D eigenvalue weighted by molar-refractivity contribution is -0.146. The van der Waals surface area contributed by atoms with Crippen molar-refractivity contribution in [3.8, 4) is 0 Å². The van der Waals surface area contributed by atoms with E-state index >= 15 is 0 Å². The molecule has 1 N–H and O–H groups in total. The van der Waals surface area contributed by atoms with Crippen LogP contribution in [0.15, 0.2) is 18.2 Å². The molecule has 1 aliphatic heterocycles. The van der Waals surface area contributed by atoms with Crippen LogP contribution in [0.4, 0.5) is 0 Å². The number of piperidine rings is 1. The predicted molar refractivity (Wildman–Crippen MR) is 81.5 cm³/mol. The first kappa shape index (κ1) is 15.6. The second kappa shape index (κ2) is 6.79. The van der Waals surface area contributed by atoms with Gasteiger partial charge in [0.05, 0.1) is 0 Å². The minimum atomic E-state index is -0.742. The molecule has 110 valence electrons. The zero-order valence-electron chi connectivity index (χ0n) is 11.5. The van der Waals surface area contributed by atoms with Crippen LogP contribution in [-0.4, -0.2) is 28.6 Å². The van der Waals surface area contributed by atoms with Crippen molar-refractivity contribution in [3.05, 3.63) is 33.8 Å². The maximum absolute atomic E-state index is 11.5. The molecule has 3 nitrogen and oxygen atoms in total. The van der Waals surface area contributed by atoms with Crippen molar-refractivity contribution in [2.45, 2.75) is 44.7 Å². The smallest absolute Gasteiger partial charge is 0.320 e. The Morgan fingerprint density at radius 2 is 2.20 bits per heavy atom. The highest BCUT2D eigenvalue weighted by Crippen LogP contribution is 2.35. The first-order chi connectivity index (χ1) is 9.54. The molecule has 1 aliphatic rings. The number of carboxylic acid groups (broad SMARTS) is 1. The molecule has 0 spiro atoms. The van der Waals surface area contributed by atoms with Crippen LogP contribution >= 0.6 is 23.2 Å². The summed E-state index contributed by atoms with van der Waals surface area (Å²) in [5, 5.41) is 10.6. The fraction of sp³-hybridized carbons (Fsp3) is 0.533. The maximum atomic E-state index is 11.5. The Bertz CT molecular complexity index is 493. The second-order valence-corrected chi connectivity index (χ2v) is 6.02. The number of carbonyl (C=O) groups is 1. The molecule has 2 unspecified atom stereocenters. The standard InChI is InChI=1S/C15H19Cl2NO2/c1-2-13(11-7-6-10(16)9-12(11)17)18-8-4-3-5-14(18)15(19)20/h6-7,9,13-14H,2-5,8H2,1H3,(H,19,20). The van der Waals surface area contributed by atoms with Crippen molar-refractivity contribution in [2.24, 2.45) is 0 Å². The van der Waals surface area contributed by atoms with E-state index in [0.717, 1.165) is 31.4 Å². The van der Waals surface area contributed by atoms with Gasteiger partial charge in [-0.25, -0.2) is 0 Å². The summed E-state index contributed by atoms with van der Waals surface area (Å²) in [4.78, 5) is 13.5. The van der Waals surface area contributed by atoms with Crippen LogP contribution in [0.2, 0.25) is 10.0 Å². The number of aliphatic carboxylic acids is 1. The zero-order valence-corrected chi connectivity index (χ0v) is 13.0. The number of halogens is 2. The van der Waals surface area contributed by atoms with Gasteiger partial charge in [0.15, 0.2) is 0 Å². The minimum absolute atomic E-state index is 0.0289. The number of benzene rings is 1. The molecule has 1 heterocycles. The van der Waals surface area contributed by atoms with Gasteiger partial charge in [-0.15, -0.1) is 0 Å². The summed E-state index contributed by atoms with van der Waals surface area (Å²) in [6.07, 6.45) is 3.53. The van der Waals surface area contributed by atoms with Crippen molar-refractivity contribution in [3.63, 3.8) is 0 Å². The van der Waals surface area contributed by atoms with Crippen molar-refractivity contribution in [2.75, 3.05) is 6.54 Å². The van der Waals surface area contributed by atoms with E-state index in [4.69, 9.17) is 23.2 Å². The van der Waals surface area contributed by atoms with Gasteiger partial charge in [-0.2, -0.15) is 0 Å². The molecule has 0 amide bonds. The van der Waals surface area contributed by atoms with Crippen molar-refractivity contribution in [1.29, 1.82) is 0 Å². The highest BCUT2D eigenvalue weighted by Gasteiger charge is 2.34. The molecule has 0 radical (unpaired) electrons. The molecule has 1 aromatic carbocycles. The summed E-state index contributed by atoms with van der Waals surface area (Å²) < 4.78 is 0. The second-order valence-electron chi connectivity index (χ2n) is 5.18. The molecular formula is C15H19Cl2NO2.